The Labute approximate surface area is 153 Å². The van der Waals surface area contributed by atoms with Crippen LogP contribution in [0.25, 0.3) is 0 Å². The van der Waals surface area contributed by atoms with Crippen LogP contribution in [0, 0.1) is 6.92 Å². The summed E-state index contributed by atoms with van der Waals surface area (Å²) in [6.07, 6.45) is 5.87. The molecule has 0 saturated heterocycles. The van der Waals surface area contributed by atoms with Crippen molar-refractivity contribution in [3.8, 4) is 5.88 Å². The minimum atomic E-state index is 0.0920. The van der Waals surface area contributed by atoms with Crippen molar-refractivity contribution < 1.29 is 9.53 Å². The first-order chi connectivity index (χ1) is 12.1. The van der Waals surface area contributed by atoms with E-state index in [1.54, 1.807) is 18.3 Å². The van der Waals surface area contributed by atoms with Gasteiger partial charge in [0.1, 0.15) is 6.10 Å². The number of carbonyl (C=O) groups is 1. The number of nitrogens with one attached hydrogen (secondary N) is 1. The van der Waals surface area contributed by atoms with Crippen molar-refractivity contribution in [1.82, 2.24) is 10.3 Å². The molecule has 1 aliphatic rings. The molecule has 1 N–H and O–H groups in total. The maximum atomic E-state index is 12.2. The van der Waals surface area contributed by atoms with Crippen molar-refractivity contribution >= 4 is 17.5 Å². The molecular formula is C20H23ClN2O2. The van der Waals surface area contributed by atoms with Crippen molar-refractivity contribution in [2.75, 3.05) is 0 Å². The van der Waals surface area contributed by atoms with Crippen LogP contribution >= 0.6 is 11.6 Å². The average Bonchev–Trinajstić information content (AvgIpc) is 2.59. The highest BCUT2D eigenvalue weighted by molar-refractivity contribution is 6.30. The number of benzene rings is 1. The number of amides is 1. The van der Waals surface area contributed by atoms with Crippen LogP contribution in [0.3, 0.4) is 0 Å². The summed E-state index contributed by atoms with van der Waals surface area (Å²) in [5.41, 5.74) is 2.24. The molecule has 0 aliphatic heterocycles. The van der Waals surface area contributed by atoms with Crippen LogP contribution in [0.5, 0.6) is 5.88 Å². The quantitative estimate of drug-likeness (QED) is 0.875. The molecule has 0 atom stereocenters. The molecule has 2 aromatic rings. The van der Waals surface area contributed by atoms with Crippen molar-refractivity contribution in [3.05, 3.63) is 58.7 Å². The molecular weight excluding hydrogens is 336 g/mol. The molecule has 0 bridgehead atoms. The second kappa shape index (κ2) is 8.34. The maximum Gasteiger partial charge on any atom is 0.224 e. The number of aromatic nitrogens is 1. The molecule has 1 fully saturated rings. The fourth-order valence-electron chi connectivity index (χ4n) is 3.21. The van der Waals surface area contributed by atoms with Crippen LogP contribution in [-0.2, 0) is 11.2 Å². The number of halogens is 1. The van der Waals surface area contributed by atoms with Gasteiger partial charge in [-0.3, -0.25) is 4.79 Å². The van der Waals surface area contributed by atoms with E-state index in [2.05, 4.69) is 16.4 Å². The Morgan fingerprint density at radius 3 is 2.72 bits per heavy atom. The highest BCUT2D eigenvalue weighted by atomic mass is 35.5. The molecule has 4 nitrogen and oxygen atoms in total. The molecule has 1 heterocycles. The van der Waals surface area contributed by atoms with E-state index in [0.717, 1.165) is 31.2 Å². The second-order valence-corrected chi connectivity index (χ2v) is 7.08. The standard InChI is InChI=1S/C20H23ClN2O2/c1-14-3-2-4-15(11-14)12-19(24)23-17-6-8-18(9-7-17)25-20-10-5-16(21)13-22-20/h2-5,10-11,13,17-18H,6-9,12H2,1H3,(H,23,24). The third-order valence-electron chi connectivity index (χ3n) is 4.47. The Bertz CT molecular complexity index is 710. The van der Waals surface area contributed by atoms with Gasteiger partial charge in [0.25, 0.3) is 0 Å². The van der Waals surface area contributed by atoms with Crippen LogP contribution in [0.1, 0.15) is 36.8 Å². The van der Waals surface area contributed by atoms with E-state index in [1.165, 1.54) is 5.56 Å². The third-order valence-corrected chi connectivity index (χ3v) is 4.70. The van der Waals surface area contributed by atoms with E-state index in [0.29, 0.717) is 17.3 Å². The zero-order valence-electron chi connectivity index (χ0n) is 14.4. The summed E-state index contributed by atoms with van der Waals surface area (Å²) in [5.74, 6) is 0.700. The molecule has 3 rings (SSSR count). The topological polar surface area (TPSA) is 51.2 Å². The van der Waals surface area contributed by atoms with Crippen LogP contribution in [0.2, 0.25) is 5.02 Å². The SMILES string of the molecule is Cc1cccc(CC(=O)NC2CCC(Oc3ccc(Cl)cn3)CC2)c1. The lowest BCUT2D eigenvalue weighted by Gasteiger charge is -2.29. The van der Waals surface area contributed by atoms with Gasteiger partial charge in [0.15, 0.2) is 0 Å². The predicted octanol–water partition coefficient (Wildman–Crippen LogP) is 4.09. The molecule has 1 aromatic heterocycles. The smallest absolute Gasteiger partial charge is 0.224 e. The number of ether oxygens (including phenoxy) is 1. The van der Waals surface area contributed by atoms with E-state index in [1.807, 2.05) is 25.1 Å². The van der Waals surface area contributed by atoms with Gasteiger partial charge in [-0.25, -0.2) is 4.98 Å². The van der Waals surface area contributed by atoms with Gasteiger partial charge in [-0.2, -0.15) is 0 Å². The zero-order chi connectivity index (χ0) is 17.6. The van der Waals surface area contributed by atoms with Gasteiger partial charge in [0.2, 0.25) is 11.8 Å². The first-order valence-electron chi connectivity index (χ1n) is 8.71. The van der Waals surface area contributed by atoms with Crippen LogP contribution < -0.4 is 10.1 Å². The lowest BCUT2D eigenvalue weighted by Crippen LogP contribution is -2.40. The number of carbonyl (C=O) groups excluding carboxylic acids is 1. The summed E-state index contributed by atoms with van der Waals surface area (Å²) in [7, 11) is 0. The fourth-order valence-corrected chi connectivity index (χ4v) is 3.33. The highest BCUT2D eigenvalue weighted by Crippen LogP contribution is 2.23. The molecule has 5 heteroatoms. The molecule has 25 heavy (non-hydrogen) atoms. The first-order valence-corrected chi connectivity index (χ1v) is 9.09. The summed E-state index contributed by atoms with van der Waals surface area (Å²) < 4.78 is 5.89. The van der Waals surface area contributed by atoms with Gasteiger partial charge in [-0.15, -0.1) is 0 Å². The number of aryl methyl sites for hydroxylation is 1. The molecule has 0 spiro atoms. The maximum absolute atomic E-state index is 12.2. The van der Waals surface area contributed by atoms with Gasteiger partial charge < -0.3 is 10.1 Å². The van der Waals surface area contributed by atoms with E-state index in [9.17, 15) is 4.79 Å². The number of hydrogen-bond acceptors (Lipinski definition) is 3. The summed E-state index contributed by atoms with van der Waals surface area (Å²) in [6, 6.07) is 11.9. The molecule has 132 valence electrons. The first kappa shape index (κ1) is 17.7. The van der Waals surface area contributed by atoms with Gasteiger partial charge in [0.05, 0.1) is 11.4 Å². The summed E-state index contributed by atoms with van der Waals surface area (Å²) in [6.45, 7) is 2.04. The lowest BCUT2D eigenvalue weighted by molar-refractivity contribution is -0.121. The minimum absolute atomic E-state index is 0.0920. The zero-order valence-corrected chi connectivity index (χ0v) is 15.1. The normalized spacial score (nSPS) is 20.1. The van der Waals surface area contributed by atoms with Crippen molar-refractivity contribution in [2.24, 2.45) is 0 Å². The van der Waals surface area contributed by atoms with Gasteiger partial charge in [-0.1, -0.05) is 41.4 Å². The lowest BCUT2D eigenvalue weighted by atomic mass is 9.92. The van der Waals surface area contributed by atoms with Crippen LogP contribution in [0.15, 0.2) is 42.6 Å². The van der Waals surface area contributed by atoms with Gasteiger partial charge in [-0.05, 0) is 44.2 Å². The highest BCUT2D eigenvalue weighted by Gasteiger charge is 2.23. The Morgan fingerprint density at radius 2 is 2.04 bits per heavy atom. The van der Waals surface area contributed by atoms with E-state index in [4.69, 9.17) is 16.3 Å². The monoisotopic (exact) mass is 358 g/mol. The average molecular weight is 359 g/mol. The third kappa shape index (κ3) is 5.46. The molecule has 1 amide bonds. The Hall–Kier alpha value is -2.07. The van der Waals surface area contributed by atoms with Gasteiger partial charge in [0, 0.05) is 18.3 Å². The summed E-state index contributed by atoms with van der Waals surface area (Å²) in [4.78, 5) is 16.4. The largest absolute Gasteiger partial charge is 0.474 e. The Morgan fingerprint density at radius 1 is 1.24 bits per heavy atom. The number of rotatable bonds is 5. The molecule has 1 saturated carbocycles. The van der Waals surface area contributed by atoms with Crippen molar-refractivity contribution in [1.29, 1.82) is 0 Å². The fraction of sp³-hybridized carbons (Fsp3) is 0.400. The van der Waals surface area contributed by atoms with Crippen molar-refractivity contribution in [3.63, 3.8) is 0 Å². The molecule has 1 aromatic carbocycles. The van der Waals surface area contributed by atoms with E-state index < -0.39 is 0 Å². The van der Waals surface area contributed by atoms with E-state index in [-0.39, 0.29) is 18.1 Å². The Kier molecular flexibility index (Phi) is 5.92. The van der Waals surface area contributed by atoms with E-state index >= 15 is 0 Å². The molecule has 0 radical (unpaired) electrons. The minimum Gasteiger partial charge on any atom is -0.474 e. The Balaban J connectivity index is 1.42. The number of nitrogens with zero attached hydrogens (tertiary/aromatic N) is 1. The summed E-state index contributed by atoms with van der Waals surface area (Å²) in [5, 5.41) is 3.76. The van der Waals surface area contributed by atoms with Crippen LogP contribution in [-0.4, -0.2) is 23.0 Å². The number of pyridine rings is 1. The second-order valence-electron chi connectivity index (χ2n) is 6.64. The predicted molar refractivity (Wildman–Crippen MR) is 98.9 cm³/mol. The summed E-state index contributed by atoms with van der Waals surface area (Å²) >= 11 is 5.83. The van der Waals surface area contributed by atoms with Gasteiger partial charge >= 0.3 is 0 Å². The van der Waals surface area contributed by atoms with Crippen LogP contribution in [0.4, 0.5) is 0 Å². The van der Waals surface area contributed by atoms with Crippen molar-refractivity contribution in [2.45, 2.75) is 51.2 Å². The molecule has 0 unspecified atom stereocenters. The number of hydrogen-bond donors (Lipinski definition) is 1. The molecule has 1 aliphatic carbocycles.